The van der Waals surface area contributed by atoms with Gasteiger partial charge in [-0.1, -0.05) is 18.2 Å². The molecule has 6 heteroatoms. The van der Waals surface area contributed by atoms with E-state index in [0.717, 1.165) is 16.3 Å². The summed E-state index contributed by atoms with van der Waals surface area (Å²) in [7, 11) is 0. The number of anilines is 1. The Morgan fingerprint density at radius 1 is 1.22 bits per heavy atom. The number of carbonyl (C=O) groups is 1. The lowest BCUT2D eigenvalue weighted by atomic mass is 10.2. The minimum absolute atomic E-state index is 0.0523. The average molecular weight is 325 g/mol. The maximum absolute atomic E-state index is 12.1. The predicted molar refractivity (Wildman–Crippen MR) is 90.0 cm³/mol. The van der Waals surface area contributed by atoms with Gasteiger partial charge in [-0.05, 0) is 29.8 Å². The van der Waals surface area contributed by atoms with Crippen LogP contribution in [0.25, 0.3) is 10.7 Å². The third-order valence-electron chi connectivity index (χ3n) is 3.17. The highest BCUT2D eigenvalue weighted by Crippen LogP contribution is 2.21. The van der Waals surface area contributed by atoms with Crippen molar-refractivity contribution in [3.63, 3.8) is 0 Å². The van der Waals surface area contributed by atoms with E-state index in [1.165, 1.54) is 11.3 Å². The molecule has 2 heterocycles. The smallest absolute Gasteiger partial charge is 0.230 e. The number of carbonyl (C=O) groups excluding carboxylic acids is 1. The number of amides is 1. The number of nitrogens with zero attached hydrogens (tertiary/aromatic N) is 2. The van der Waals surface area contributed by atoms with E-state index >= 15 is 0 Å². The summed E-state index contributed by atoms with van der Waals surface area (Å²) < 4.78 is 0. The summed E-state index contributed by atoms with van der Waals surface area (Å²) in [5.74, 6) is -0.141. The number of aromatic nitrogens is 2. The quantitative estimate of drug-likeness (QED) is 0.756. The van der Waals surface area contributed by atoms with Gasteiger partial charge >= 0.3 is 0 Å². The third-order valence-corrected chi connectivity index (χ3v) is 4.08. The number of rotatable bonds is 5. The molecule has 0 aliphatic carbocycles. The molecule has 3 rings (SSSR count). The Balaban J connectivity index is 1.65. The molecule has 0 spiro atoms. The Bertz CT molecular complexity index is 802. The van der Waals surface area contributed by atoms with Crippen molar-refractivity contribution in [2.75, 3.05) is 5.32 Å². The largest absolute Gasteiger partial charge is 0.392 e. The van der Waals surface area contributed by atoms with Crippen molar-refractivity contribution >= 4 is 22.9 Å². The van der Waals surface area contributed by atoms with Gasteiger partial charge < -0.3 is 10.4 Å². The Morgan fingerprint density at radius 2 is 2.13 bits per heavy atom. The Morgan fingerprint density at radius 3 is 2.91 bits per heavy atom. The molecular weight excluding hydrogens is 310 g/mol. The molecule has 1 aromatic carbocycles. The molecule has 2 aromatic heterocycles. The molecule has 2 N–H and O–H groups in total. The van der Waals surface area contributed by atoms with E-state index in [1.807, 2.05) is 23.6 Å². The molecule has 0 fully saturated rings. The van der Waals surface area contributed by atoms with Gasteiger partial charge in [0, 0.05) is 17.3 Å². The number of aliphatic hydroxyl groups excluding tert-OH is 1. The molecule has 0 aliphatic heterocycles. The van der Waals surface area contributed by atoms with Gasteiger partial charge in [0.25, 0.3) is 0 Å². The fraction of sp³-hybridized carbons (Fsp3) is 0.118. The van der Waals surface area contributed by atoms with E-state index in [-0.39, 0.29) is 18.9 Å². The first-order chi connectivity index (χ1) is 11.2. The highest BCUT2D eigenvalue weighted by molar-refractivity contribution is 7.13. The van der Waals surface area contributed by atoms with Crippen LogP contribution < -0.4 is 5.32 Å². The summed E-state index contributed by atoms with van der Waals surface area (Å²) in [4.78, 5) is 20.8. The minimum atomic E-state index is -0.141. The van der Waals surface area contributed by atoms with Crippen LogP contribution in [0.4, 0.5) is 5.69 Å². The molecule has 5 nitrogen and oxygen atoms in total. The summed E-state index contributed by atoms with van der Waals surface area (Å²) in [6, 6.07) is 12.8. The maximum atomic E-state index is 12.1. The maximum Gasteiger partial charge on any atom is 0.230 e. The number of nitrogens with one attached hydrogen (secondary N) is 1. The summed E-state index contributed by atoms with van der Waals surface area (Å²) in [6.45, 7) is -0.0523. The van der Waals surface area contributed by atoms with Crippen LogP contribution >= 0.6 is 11.3 Å². The summed E-state index contributed by atoms with van der Waals surface area (Å²) in [6.07, 6.45) is 1.92. The molecule has 0 bridgehead atoms. The fourth-order valence-corrected chi connectivity index (χ4v) is 2.91. The first-order valence-electron chi connectivity index (χ1n) is 7.10. The van der Waals surface area contributed by atoms with Crippen LogP contribution in [0.3, 0.4) is 0 Å². The number of benzene rings is 1. The van der Waals surface area contributed by atoms with Crippen LogP contribution in [0.2, 0.25) is 0 Å². The summed E-state index contributed by atoms with van der Waals surface area (Å²) >= 11 is 1.47. The zero-order valence-electron chi connectivity index (χ0n) is 12.3. The molecule has 116 valence electrons. The van der Waals surface area contributed by atoms with E-state index in [1.54, 1.807) is 30.5 Å². The van der Waals surface area contributed by atoms with Gasteiger partial charge in [0.15, 0.2) is 0 Å². The van der Waals surface area contributed by atoms with Gasteiger partial charge in [0.1, 0.15) is 5.01 Å². The molecule has 0 radical (unpaired) electrons. The fourth-order valence-electron chi connectivity index (χ4n) is 2.11. The second kappa shape index (κ2) is 7.13. The zero-order valence-corrected chi connectivity index (χ0v) is 13.1. The van der Waals surface area contributed by atoms with Gasteiger partial charge in [-0.3, -0.25) is 9.78 Å². The van der Waals surface area contributed by atoms with Crippen molar-refractivity contribution in [2.45, 2.75) is 13.0 Å². The Labute approximate surface area is 137 Å². The lowest BCUT2D eigenvalue weighted by Crippen LogP contribution is -2.14. The van der Waals surface area contributed by atoms with E-state index in [4.69, 9.17) is 5.11 Å². The molecule has 23 heavy (non-hydrogen) atoms. The molecule has 0 unspecified atom stereocenters. The van der Waals surface area contributed by atoms with Crippen molar-refractivity contribution in [3.05, 3.63) is 65.3 Å². The highest BCUT2D eigenvalue weighted by Gasteiger charge is 2.10. The number of hydrogen-bond donors (Lipinski definition) is 2. The van der Waals surface area contributed by atoms with Crippen LogP contribution in [-0.4, -0.2) is 21.0 Å². The van der Waals surface area contributed by atoms with Crippen LogP contribution in [0.15, 0.2) is 54.0 Å². The monoisotopic (exact) mass is 325 g/mol. The normalized spacial score (nSPS) is 10.5. The lowest BCUT2D eigenvalue weighted by molar-refractivity contribution is -0.115. The number of pyridine rings is 1. The first-order valence-corrected chi connectivity index (χ1v) is 7.98. The first kappa shape index (κ1) is 15.3. The standard InChI is InChI=1S/C17H15N3O2S/c21-10-12-4-3-5-13(8-12)19-16(22)9-14-11-23-17(20-14)15-6-1-2-7-18-15/h1-8,11,21H,9-10H2,(H,19,22). The number of aliphatic hydroxyl groups is 1. The van der Waals surface area contributed by atoms with Gasteiger partial charge in [-0.25, -0.2) is 4.98 Å². The molecule has 1 amide bonds. The van der Waals surface area contributed by atoms with Crippen LogP contribution in [0, 0.1) is 0 Å². The van der Waals surface area contributed by atoms with Gasteiger partial charge in [0.05, 0.1) is 24.4 Å². The van der Waals surface area contributed by atoms with Crippen molar-refractivity contribution in [2.24, 2.45) is 0 Å². The van der Waals surface area contributed by atoms with Crippen molar-refractivity contribution in [3.8, 4) is 10.7 Å². The van der Waals surface area contributed by atoms with Crippen LogP contribution in [0.5, 0.6) is 0 Å². The highest BCUT2D eigenvalue weighted by atomic mass is 32.1. The summed E-state index contributed by atoms with van der Waals surface area (Å²) in [5, 5.41) is 14.6. The molecule has 0 aliphatic rings. The predicted octanol–water partition coefficient (Wildman–Crippen LogP) is 2.88. The molecule has 3 aromatic rings. The van der Waals surface area contributed by atoms with E-state index in [2.05, 4.69) is 15.3 Å². The topological polar surface area (TPSA) is 75.1 Å². The van der Waals surface area contributed by atoms with E-state index in [9.17, 15) is 4.79 Å². The lowest BCUT2D eigenvalue weighted by Gasteiger charge is -2.05. The van der Waals surface area contributed by atoms with E-state index in [0.29, 0.717) is 11.4 Å². The van der Waals surface area contributed by atoms with E-state index < -0.39 is 0 Å². The van der Waals surface area contributed by atoms with Gasteiger partial charge in [0.2, 0.25) is 5.91 Å². The second-order valence-electron chi connectivity index (χ2n) is 4.94. The second-order valence-corrected chi connectivity index (χ2v) is 5.80. The molecular formula is C17H15N3O2S. The van der Waals surface area contributed by atoms with Gasteiger partial charge in [-0.15, -0.1) is 11.3 Å². The molecule has 0 saturated heterocycles. The van der Waals surface area contributed by atoms with Crippen LogP contribution in [-0.2, 0) is 17.8 Å². The van der Waals surface area contributed by atoms with Gasteiger partial charge in [-0.2, -0.15) is 0 Å². The van der Waals surface area contributed by atoms with Crippen molar-refractivity contribution < 1.29 is 9.90 Å². The van der Waals surface area contributed by atoms with Crippen LogP contribution in [0.1, 0.15) is 11.3 Å². The zero-order chi connectivity index (χ0) is 16.1. The molecule has 0 saturated carbocycles. The molecule has 0 atom stereocenters. The Kier molecular flexibility index (Phi) is 4.75. The SMILES string of the molecule is O=C(Cc1csc(-c2ccccn2)n1)Nc1cccc(CO)c1. The average Bonchev–Trinajstić information content (AvgIpc) is 3.04. The minimum Gasteiger partial charge on any atom is -0.392 e. The number of hydrogen-bond acceptors (Lipinski definition) is 5. The van der Waals surface area contributed by atoms with Crippen molar-refractivity contribution in [1.29, 1.82) is 0 Å². The van der Waals surface area contributed by atoms with Crippen molar-refractivity contribution in [1.82, 2.24) is 9.97 Å². The summed E-state index contributed by atoms with van der Waals surface area (Å²) in [5.41, 5.74) is 2.95. The third kappa shape index (κ3) is 4.00. The Hall–Kier alpha value is -2.57. The number of thiazole rings is 1.